The van der Waals surface area contributed by atoms with Gasteiger partial charge in [0.2, 0.25) is 0 Å². The van der Waals surface area contributed by atoms with Crippen LogP contribution in [0.2, 0.25) is 0 Å². The number of rotatable bonds is 3. The highest BCUT2D eigenvalue weighted by Gasteiger charge is 2.47. The molecule has 92 valence electrons. The van der Waals surface area contributed by atoms with E-state index in [1.807, 2.05) is 12.4 Å². The zero-order valence-electron chi connectivity index (χ0n) is 10.2. The van der Waals surface area contributed by atoms with Crippen molar-refractivity contribution in [1.82, 2.24) is 15.3 Å². The lowest BCUT2D eigenvalue weighted by Crippen LogP contribution is -2.54. The smallest absolute Gasteiger partial charge is 0.120 e. The lowest BCUT2D eigenvalue weighted by molar-refractivity contribution is -0.0144. The Hall–Kier alpha value is -0.830. The van der Waals surface area contributed by atoms with Gasteiger partial charge in [-0.3, -0.25) is 0 Å². The fourth-order valence-corrected chi connectivity index (χ4v) is 4.87. The molecule has 0 saturated heterocycles. The minimum absolute atomic E-state index is 0.771. The van der Waals surface area contributed by atoms with E-state index < -0.39 is 0 Å². The number of imidazole rings is 1. The SMILES string of the molecule is c1c[nH]c(CNC2C3CC4CC(C3)CC2C4)n1. The van der Waals surface area contributed by atoms with Crippen LogP contribution in [0.25, 0.3) is 0 Å². The molecule has 4 aliphatic carbocycles. The Morgan fingerprint density at radius 3 is 2.41 bits per heavy atom. The number of hydrogen-bond donors (Lipinski definition) is 2. The minimum Gasteiger partial charge on any atom is -0.348 e. The molecule has 4 saturated carbocycles. The first-order valence-corrected chi connectivity index (χ1v) is 7.10. The van der Waals surface area contributed by atoms with E-state index in [0.717, 1.165) is 42.1 Å². The fraction of sp³-hybridized carbons (Fsp3) is 0.786. The standard InChI is InChI=1S/C14H21N3/c1-2-16-13(15-1)8-17-14-11-4-9-3-10(6-11)7-12(14)5-9/h1-2,9-12,14,17H,3-8H2,(H,15,16). The van der Waals surface area contributed by atoms with E-state index in [4.69, 9.17) is 0 Å². The topological polar surface area (TPSA) is 40.7 Å². The molecule has 3 heteroatoms. The molecule has 3 nitrogen and oxygen atoms in total. The predicted molar refractivity (Wildman–Crippen MR) is 66.3 cm³/mol. The summed E-state index contributed by atoms with van der Waals surface area (Å²) in [5, 5.41) is 3.77. The lowest BCUT2D eigenvalue weighted by atomic mass is 9.54. The van der Waals surface area contributed by atoms with Gasteiger partial charge in [-0.1, -0.05) is 0 Å². The summed E-state index contributed by atoms with van der Waals surface area (Å²) in [7, 11) is 0. The number of nitrogens with one attached hydrogen (secondary N) is 2. The van der Waals surface area contributed by atoms with Crippen LogP contribution in [0.15, 0.2) is 12.4 Å². The number of nitrogens with zero attached hydrogens (tertiary/aromatic N) is 1. The van der Waals surface area contributed by atoms with Gasteiger partial charge in [0, 0.05) is 18.4 Å². The Morgan fingerprint density at radius 1 is 1.12 bits per heavy atom. The third-order valence-electron chi connectivity index (χ3n) is 5.29. The molecule has 0 aromatic carbocycles. The van der Waals surface area contributed by atoms with Crippen molar-refractivity contribution < 1.29 is 0 Å². The molecule has 4 aliphatic rings. The molecule has 0 atom stereocenters. The summed E-state index contributed by atoms with van der Waals surface area (Å²) in [5.74, 6) is 5.14. The highest BCUT2D eigenvalue weighted by molar-refractivity contribution is 5.02. The molecular formula is C14H21N3. The first-order valence-electron chi connectivity index (χ1n) is 7.10. The first kappa shape index (κ1) is 10.1. The monoisotopic (exact) mass is 231 g/mol. The largest absolute Gasteiger partial charge is 0.348 e. The quantitative estimate of drug-likeness (QED) is 0.838. The molecule has 1 heterocycles. The molecule has 0 spiro atoms. The van der Waals surface area contributed by atoms with E-state index in [2.05, 4.69) is 15.3 Å². The Balaban J connectivity index is 1.44. The van der Waals surface area contributed by atoms with Crippen molar-refractivity contribution in [3.8, 4) is 0 Å². The molecule has 0 aliphatic heterocycles. The summed E-state index contributed by atoms with van der Waals surface area (Å²) in [4.78, 5) is 7.49. The molecule has 4 fully saturated rings. The van der Waals surface area contributed by atoms with E-state index in [1.54, 1.807) is 0 Å². The van der Waals surface area contributed by atoms with Crippen LogP contribution in [0.3, 0.4) is 0 Å². The highest BCUT2D eigenvalue weighted by atomic mass is 15.0. The van der Waals surface area contributed by atoms with E-state index >= 15 is 0 Å². The maximum atomic E-state index is 4.30. The van der Waals surface area contributed by atoms with Crippen LogP contribution in [0.5, 0.6) is 0 Å². The van der Waals surface area contributed by atoms with E-state index in [0.29, 0.717) is 0 Å². The van der Waals surface area contributed by atoms with Gasteiger partial charge in [0.15, 0.2) is 0 Å². The Kier molecular flexibility index (Phi) is 2.29. The Bertz CT molecular complexity index is 356. The van der Waals surface area contributed by atoms with Crippen LogP contribution in [0, 0.1) is 23.7 Å². The van der Waals surface area contributed by atoms with Crippen molar-refractivity contribution in [2.24, 2.45) is 23.7 Å². The number of H-pyrrole nitrogens is 1. The second-order valence-electron chi connectivity index (χ2n) is 6.37. The first-order chi connectivity index (χ1) is 8.38. The lowest BCUT2D eigenvalue weighted by Gasteiger charge is -2.54. The summed E-state index contributed by atoms with van der Waals surface area (Å²) < 4.78 is 0. The van der Waals surface area contributed by atoms with Crippen molar-refractivity contribution in [3.05, 3.63) is 18.2 Å². The highest BCUT2D eigenvalue weighted by Crippen LogP contribution is 2.53. The Morgan fingerprint density at radius 2 is 1.82 bits per heavy atom. The van der Waals surface area contributed by atoms with Gasteiger partial charge in [-0.15, -0.1) is 0 Å². The van der Waals surface area contributed by atoms with Crippen LogP contribution in [0.4, 0.5) is 0 Å². The summed E-state index contributed by atoms with van der Waals surface area (Å²) >= 11 is 0. The van der Waals surface area contributed by atoms with Crippen molar-refractivity contribution >= 4 is 0 Å². The number of aromatic amines is 1. The average molecular weight is 231 g/mol. The van der Waals surface area contributed by atoms with E-state index in [-0.39, 0.29) is 0 Å². The molecule has 4 bridgehead atoms. The maximum Gasteiger partial charge on any atom is 0.120 e. The van der Waals surface area contributed by atoms with Crippen LogP contribution in [-0.2, 0) is 6.54 Å². The van der Waals surface area contributed by atoms with Crippen molar-refractivity contribution in [2.75, 3.05) is 0 Å². The van der Waals surface area contributed by atoms with Gasteiger partial charge >= 0.3 is 0 Å². The van der Waals surface area contributed by atoms with Gasteiger partial charge in [-0.25, -0.2) is 4.98 Å². The van der Waals surface area contributed by atoms with Gasteiger partial charge < -0.3 is 10.3 Å². The van der Waals surface area contributed by atoms with Gasteiger partial charge in [0.05, 0.1) is 6.54 Å². The van der Waals surface area contributed by atoms with Crippen LogP contribution in [-0.4, -0.2) is 16.0 Å². The summed E-state index contributed by atoms with van der Waals surface area (Å²) in [5.41, 5.74) is 0. The van der Waals surface area contributed by atoms with Crippen LogP contribution < -0.4 is 5.32 Å². The average Bonchev–Trinajstić information content (AvgIpc) is 2.80. The van der Waals surface area contributed by atoms with Crippen molar-refractivity contribution in [2.45, 2.75) is 44.7 Å². The molecule has 5 rings (SSSR count). The van der Waals surface area contributed by atoms with Crippen LogP contribution in [0.1, 0.15) is 37.9 Å². The van der Waals surface area contributed by atoms with Gasteiger partial charge in [-0.2, -0.15) is 0 Å². The van der Waals surface area contributed by atoms with Gasteiger partial charge in [0.1, 0.15) is 5.82 Å². The van der Waals surface area contributed by atoms with Crippen LogP contribution >= 0.6 is 0 Å². The third kappa shape index (κ3) is 1.71. The third-order valence-corrected chi connectivity index (χ3v) is 5.29. The van der Waals surface area contributed by atoms with Gasteiger partial charge in [-0.05, 0) is 55.8 Å². The normalized spacial score (nSPS) is 43.2. The zero-order chi connectivity index (χ0) is 11.2. The molecule has 0 amide bonds. The number of hydrogen-bond acceptors (Lipinski definition) is 2. The molecular weight excluding hydrogens is 210 g/mol. The molecule has 17 heavy (non-hydrogen) atoms. The second-order valence-corrected chi connectivity index (χ2v) is 6.37. The summed E-state index contributed by atoms with van der Waals surface area (Å²) in [6.07, 6.45) is 11.2. The second kappa shape index (κ2) is 3.84. The molecule has 2 N–H and O–H groups in total. The molecule has 1 aromatic heterocycles. The van der Waals surface area contributed by atoms with E-state index in [1.165, 1.54) is 32.1 Å². The summed E-state index contributed by atoms with van der Waals surface area (Å²) in [6, 6.07) is 0.771. The van der Waals surface area contributed by atoms with Gasteiger partial charge in [0.25, 0.3) is 0 Å². The van der Waals surface area contributed by atoms with E-state index in [9.17, 15) is 0 Å². The predicted octanol–water partition coefficient (Wildman–Crippen LogP) is 2.32. The minimum atomic E-state index is 0.771. The summed E-state index contributed by atoms with van der Waals surface area (Å²) in [6.45, 7) is 0.917. The molecule has 1 aromatic rings. The molecule has 0 unspecified atom stereocenters. The Labute approximate surface area is 102 Å². The number of aromatic nitrogens is 2. The molecule has 0 radical (unpaired) electrons. The van der Waals surface area contributed by atoms with Crippen molar-refractivity contribution in [1.29, 1.82) is 0 Å². The fourth-order valence-electron chi connectivity index (χ4n) is 4.87. The zero-order valence-corrected chi connectivity index (χ0v) is 10.2. The van der Waals surface area contributed by atoms with Crippen molar-refractivity contribution in [3.63, 3.8) is 0 Å². The maximum absolute atomic E-state index is 4.30.